The van der Waals surface area contributed by atoms with Crippen LogP contribution in [0.25, 0.3) is 0 Å². The van der Waals surface area contributed by atoms with Crippen LogP contribution in [-0.2, 0) is 9.78 Å². The van der Waals surface area contributed by atoms with Gasteiger partial charge in [0.15, 0.2) is 0 Å². The second-order valence-electron chi connectivity index (χ2n) is 6.33. The van der Waals surface area contributed by atoms with Crippen molar-refractivity contribution in [2.75, 3.05) is 0 Å². The topological polar surface area (TPSA) is 18.5 Å². The first kappa shape index (κ1) is 16.0. The van der Waals surface area contributed by atoms with Crippen LogP contribution in [0.4, 0.5) is 0 Å². The van der Waals surface area contributed by atoms with Crippen LogP contribution in [0.3, 0.4) is 0 Å². The molecule has 108 valence electrons. The van der Waals surface area contributed by atoms with Gasteiger partial charge in [-0.25, -0.2) is 9.78 Å². The van der Waals surface area contributed by atoms with Crippen LogP contribution in [0.2, 0.25) is 0 Å². The van der Waals surface area contributed by atoms with Gasteiger partial charge in [0.2, 0.25) is 0 Å². The van der Waals surface area contributed by atoms with E-state index in [0.29, 0.717) is 6.10 Å². The van der Waals surface area contributed by atoms with Crippen molar-refractivity contribution in [2.24, 2.45) is 5.41 Å². The molecule has 0 amide bonds. The van der Waals surface area contributed by atoms with Crippen molar-refractivity contribution >= 4 is 0 Å². The second-order valence-corrected chi connectivity index (χ2v) is 6.33. The summed E-state index contributed by atoms with van der Waals surface area (Å²) in [5.41, 5.74) is 0.185. The van der Waals surface area contributed by atoms with Crippen molar-refractivity contribution in [3.05, 3.63) is 0 Å². The summed E-state index contributed by atoms with van der Waals surface area (Å²) in [6, 6.07) is 0. The first-order chi connectivity index (χ1) is 8.54. The quantitative estimate of drug-likeness (QED) is 0.524. The third-order valence-electron chi connectivity index (χ3n) is 4.87. The first-order valence-corrected chi connectivity index (χ1v) is 7.88. The van der Waals surface area contributed by atoms with Gasteiger partial charge in [0, 0.05) is 5.41 Å². The normalized spacial score (nSPS) is 28.2. The Morgan fingerprint density at radius 2 is 1.56 bits per heavy atom. The molecule has 1 saturated heterocycles. The van der Waals surface area contributed by atoms with Crippen LogP contribution in [0, 0.1) is 5.41 Å². The second kappa shape index (κ2) is 6.91. The van der Waals surface area contributed by atoms with Crippen molar-refractivity contribution in [2.45, 2.75) is 97.7 Å². The molecule has 1 aliphatic heterocycles. The highest BCUT2D eigenvalue weighted by atomic mass is 17.3. The van der Waals surface area contributed by atoms with E-state index in [9.17, 15) is 0 Å². The summed E-state index contributed by atoms with van der Waals surface area (Å²) in [6.07, 6.45) is 10.2. The van der Waals surface area contributed by atoms with Gasteiger partial charge in [-0.3, -0.25) is 0 Å². The molecule has 18 heavy (non-hydrogen) atoms. The van der Waals surface area contributed by atoms with E-state index in [2.05, 4.69) is 34.6 Å². The van der Waals surface area contributed by atoms with Gasteiger partial charge in [-0.2, -0.15) is 0 Å². The van der Waals surface area contributed by atoms with Gasteiger partial charge in [-0.15, -0.1) is 0 Å². The van der Waals surface area contributed by atoms with Gasteiger partial charge in [-0.1, -0.05) is 59.8 Å². The lowest BCUT2D eigenvalue weighted by atomic mass is 9.64. The number of hydrogen-bond acceptors (Lipinski definition) is 2. The molecular weight excluding hydrogens is 224 g/mol. The summed E-state index contributed by atoms with van der Waals surface area (Å²) < 4.78 is 0. The molecule has 1 heterocycles. The summed E-state index contributed by atoms with van der Waals surface area (Å²) in [4.78, 5) is 11.0. The minimum atomic E-state index is -0.0760. The minimum Gasteiger partial charge on any atom is -0.229 e. The Labute approximate surface area is 113 Å². The highest BCUT2D eigenvalue weighted by molar-refractivity contribution is 5.01. The average molecular weight is 256 g/mol. The van der Waals surface area contributed by atoms with Gasteiger partial charge in [0.1, 0.15) is 11.7 Å². The van der Waals surface area contributed by atoms with Gasteiger partial charge in [-0.05, 0) is 26.2 Å². The van der Waals surface area contributed by atoms with Crippen molar-refractivity contribution in [1.82, 2.24) is 0 Å². The minimum absolute atomic E-state index is 0.0760. The summed E-state index contributed by atoms with van der Waals surface area (Å²) in [5.74, 6) is 0. The van der Waals surface area contributed by atoms with Gasteiger partial charge >= 0.3 is 0 Å². The van der Waals surface area contributed by atoms with Crippen LogP contribution in [0.5, 0.6) is 0 Å². The monoisotopic (exact) mass is 256 g/mol. The zero-order valence-electron chi connectivity index (χ0n) is 13.1. The number of hydrogen-bond donors (Lipinski definition) is 0. The highest BCUT2D eigenvalue weighted by Gasteiger charge is 2.57. The van der Waals surface area contributed by atoms with Crippen LogP contribution in [0.15, 0.2) is 0 Å². The predicted octanol–water partition coefficient (Wildman–Crippen LogP) is 5.26. The number of unbranched alkanes of at least 4 members (excludes halogenated alkanes) is 2. The molecule has 0 aromatic heterocycles. The average Bonchev–Trinajstić information content (AvgIpc) is 2.37. The summed E-state index contributed by atoms with van der Waals surface area (Å²) in [5, 5.41) is 0. The third kappa shape index (κ3) is 3.08. The predicted molar refractivity (Wildman–Crippen MR) is 76.4 cm³/mol. The Hall–Kier alpha value is -0.0800. The molecule has 2 atom stereocenters. The van der Waals surface area contributed by atoms with Gasteiger partial charge in [0.25, 0.3) is 0 Å². The van der Waals surface area contributed by atoms with Gasteiger partial charge < -0.3 is 0 Å². The molecule has 1 fully saturated rings. The summed E-state index contributed by atoms with van der Waals surface area (Å²) >= 11 is 0. The third-order valence-corrected chi connectivity index (χ3v) is 4.87. The molecule has 0 aliphatic carbocycles. The molecule has 1 aliphatic rings. The fourth-order valence-electron chi connectivity index (χ4n) is 3.09. The van der Waals surface area contributed by atoms with Gasteiger partial charge in [0.05, 0.1) is 0 Å². The Balaban J connectivity index is 2.73. The zero-order valence-corrected chi connectivity index (χ0v) is 13.1. The molecule has 0 aromatic rings. The Kier molecular flexibility index (Phi) is 6.13. The smallest absolute Gasteiger partial charge is 0.135 e. The summed E-state index contributed by atoms with van der Waals surface area (Å²) in [6.45, 7) is 11.4. The van der Waals surface area contributed by atoms with Crippen molar-refractivity contribution in [3.8, 4) is 0 Å². The molecule has 0 spiro atoms. The molecular formula is C16H32O2. The van der Waals surface area contributed by atoms with E-state index in [1.54, 1.807) is 0 Å². The van der Waals surface area contributed by atoms with Crippen LogP contribution >= 0.6 is 0 Å². The van der Waals surface area contributed by atoms with Crippen molar-refractivity contribution in [3.63, 3.8) is 0 Å². The SMILES string of the molecule is CCCCC(C)(CCCC)C1(C)OOC1CCC. The van der Waals surface area contributed by atoms with Crippen LogP contribution in [-0.4, -0.2) is 11.7 Å². The fraction of sp³-hybridized carbons (Fsp3) is 1.00. The maximum Gasteiger partial charge on any atom is 0.135 e. The number of rotatable bonds is 9. The molecule has 0 radical (unpaired) electrons. The zero-order chi connectivity index (χ0) is 13.6. The molecule has 0 aromatic carbocycles. The van der Waals surface area contributed by atoms with E-state index in [1.165, 1.54) is 44.9 Å². The highest BCUT2D eigenvalue weighted by Crippen LogP contribution is 2.51. The van der Waals surface area contributed by atoms with Crippen molar-refractivity contribution in [1.29, 1.82) is 0 Å². The van der Waals surface area contributed by atoms with E-state index in [-0.39, 0.29) is 11.0 Å². The Bertz CT molecular complexity index is 231. The first-order valence-electron chi connectivity index (χ1n) is 7.88. The van der Waals surface area contributed by atoms with E-state index < -0.39 is 0 Å². The lowest BCUT2D eigenvalue weighted by Gasteiger charge is -2.55. The maximum absolute atomic E-state index is 5.64. The van der Waals surface area contributed by atoms with Crippen LogP contribution in [0.1, 0.15) is 86.0 Å². The molecule has 1 rings (SSSR count). The summed E-state index contributed by atoms with van der Waals surface area (Å²) in [7, 11) is 0. The fourth-order valence-corrected chi connectivity index (χ4v) is 3.09. The molecule has 0 saturated carbocycles. The molecule has 0 bridgehead atoms. The maximum atomic E-state index is 5.64. The lowest BCUT2D eigenvalue weighted by Crippen LogP contribution is -2.63. The largest absolute Gasteiger partial charge is 0.229 e. The van der Waals surface area contributed by atoms with E-state index >= 15 is 0 Å². The van der Waals surface area contributed by atoms with Crippen molar-refractivity contribution < 1.29 is 9.78 Å². The molecule has 2 nitrogen and oxygen atoms in total. The molecule has 2 heteroatoms. The van der Waals surface area contributed by atoms with E-state index in [0.717, 1.165) is 6.42 Å². The standard InChI is InChI=1S/C16H32O2/c1-6-9-12-15(4,13-10-7-2)16(5)14(11-8-3)17-18-16/h14H,6-13H2,1-5H3. The molecule has 0 N–H and O–H groups in total. The van der Waals surface area contributed by atoms with Crippen LogP contribution < -0.4 is 0 Å². The lowest BCUT2D eigenvalue weighted by molar-refractivity contribution is -0.529. The Morgan fingerprint density at radius 1 is 1.00 bits per heavy atom. The molecule has 2 unspecified atom stereocenters. The van der Waals surface area contributed by atoms with E-state index in [1.807, 2.05) is 0 Å². The van der Waals surface area contributed by atoms with E-state index in [4.69, 9.17) is 9.78 Å². The Morgan fingerprint density at radius 3 is 1.89 bits per heavy atom.